The number of aryl methyl sites for hydroxylation is 2. The number of hydrogen-bond acceptors (Lipinski definition) is 6. The molecule has 5 rings (SSSR count). The van der Waals surface area contributed by atoms with Crippen molar-refractivity contribution in [3.8, 4) is 5.75 Å². The molecule has 3 N–H and O–H groups in total. The third-order valence-corrected chi connectivity index (χ3v) is 7.68. The molecule has 0 spiro atoms. The van der Waals surface area contributed by atoms with Crippen LogP contribution < -0.4 is 20.7 Å². The van der Waals surface area contributed by atoms with Gasteiger partial charge in [-0.3, -0.25) is 4.79 Å². The molecule has 0 atom stereocenters. The maximum Gasteiger partial charge on any atom is 0.419 e. The molecule has 7 nitrogen and oxygen atoms in total. The lowest BCUT2D eigenvalue weighted by Crippen LogP contribution is -2.27. The number of piperidine rings is 1. The Morgan fingerprint density at radius 1 is 1.13 bits per heavy atom. The van der Waals surface area contributed by atoms with Gasteiger partial charge in [-0.05, 0) is 93.4 Å². The summed E-state index contributed by atoms with van der Waals surface area (Å²) in [6.45, 7) is 5.56. The van der Waals surface area contributed by atoms with E-state index in [-0.39, 0.29) is 30.4 Å². The van der Waals surface area contributed by atoms with Gasteiger partial charge in [-0.2, -0.15) is 13.2 Å². The zero-order chi connectivity index (χ0) is 27.8. The van der Waals surface area contributed by atoms with Gasteiger partial charge in [0.2, 0.25) is 11.9 Å². The van der Waals surface area contributed by atoms with Gasteiger partial charge in [-0.1, -0.05) is 18.2 Å². The Bertz CT molecular complexity index is 1380. The molecule has 2 aromatic carbocycles. The molecular formula is C29H32F3N5O2. The van der Waals surface area contributed by atoms with E-state index in [1.807, 2.05) is 44.2 Å². The minimum Gasteiger partial charge on any atom is -0.495 e. The highest BCUT2D eigenvalue weighted by Gasteiger charge is 2.40. The fraction of sp³-hybridized carbons (Fsp3) is 0.414. The Morgan fingerprint density at radius 2 is 1.90 bits per heavy atom. The van der Waals surface area contributed by atoms with Gasteiger partial charge in [-0.25, -0.2) is 9.97 Å². The number of alkyl halides is 3. The minimum atomic E-state index is -4.60. The first-order chi connectivity index (χ1) is 18.6. The summed E-state index contributed by atoms with van der Waals surface area (Å²) in [4.78, 5) is 20.7. The third kappa shape index (κ3) is 5.43. The van der Waals surface area contributed by atoms with Gasteiger partial charge in [0, 0.05) is 11.9 Å². The van der Waals surface area contributed by atoms with Crippen molar-refractivity contribution >= 4 is 23.2 Å². The van der Waals surface area contributed by atoms with Crippen LogP contribution in [0.3, 0.4) is 0 Å². The first-order valence-corrected chi connectivity index (χ1v) is 13.1. The molecule has 1 saturated heterocycles. The molecule has 2 aliphatic rings. The number of amides is 1. The van der Waals surface area contributed by atoms with Crippen LogP contribution in [-0.4, -0.2) is 36.1 Å². The van der Waals surface area contributed by atoms with Crippen LogP contribution in [0.15, 0.2) is 42.6 Å². The van der Waals surface area contributed by atoms with E-state index >= 15 is 0 Å². The number of aromatic nitrogens is 2. The van der Waals surface area contributed by atoms with Gasteiger partial charge in [0.05, 0.1) is 29.5 Å². The van der Waals surface area contributed by atoms with Gasteiger partial charge in [0.25, 0.3) is 0 Å². The second-order valence-corrected chi connectivity index (χ2v) is 10.6. The fourth-order valence-corrected chi connectivity index (χ4v) is 5.54. The summed E-state index contributed by atoms with van der Waals surface area (Å²) in [5.41, 5.74) is 2.31. The van der Waals surface area contributed by atoms with Crippen LogP contribution in [0.4, 0.5) is 30.5 Å². The molecular weight excluding hydrogens is 507 g/mol. The normalized spacial score (nSPS) is 17.0. The first kappa shape index (κ1) is 26.9. The highest BCUT2D eigenvalue weighted by molar-refractivity contribution is 6.06. The molecule has 3 heterocycles. The second-order valence-electron chi connectivity index (χ2n) is 10.6. The quantitative estimate of drug-likeness (QED) is 0.356. The lowest BCUT2D eigenvalue weighted by molar-refractivity contribution is -0.138. The van der Waals surface area contributed by atoms with Crippen molar-refractivity contribution in [3.05, 3.63) is 70.5 Å². The lowest BCUT2D eigenvalue weighted by atomic mass is 9.82. The van der Waals surface area contributed by atoms with Crippen LogP contribution in [0.1, 0.15) is 60.6 Å². The molecule has 0 aliphatic carbocycles. The van der Waals surface area contributed by atoms with E-state index in [1.165, 1.54) is 5.56 Å². The van der Waals surface area contributed by atoms with Crippen LogP contribution in [0.25, 0.3) is 0 Å². The van der Waals surface area contributed by atoms with Crippen molar-refractivity contribution in [1.29, 1.82) is 0 Å². The zero-order valence-corrected chi connectivity index (χ0v) is 22.2. The molecule has 206 valence electrons. The first-order valence-electron chi connectivity index (χ1n) is 13.1. The van der Waals surface area contributed by atoms with Crippen LogP contribution in [0, 0.1) is 0 Å². The number of nitrogens with one attached hydrogen (secondary N) is 3. The predicted molar refractivity (Wildman–Crippen MR) is 144 cm³/mol. The summed E-state index contributed by atoms with van der Waals surface area (Å²) in [5, 5.41) is 9.27. The van der Waals surface area contributed by atoms with E-state index in [4.69, 9.17) is 4.74 Å². The minimum absolute atomic E-state index is 0.0263. The Balaban J connectivity index is 1.41. The summed E-state index contributed by atoms with van der Waals surface area (Å²) in [6.07, 6.45) is -1.39. The van der Waals surface area contributed by atoms with Gasteiger partial charge >= 0.3 is 6.18 Å². The van der Waals surface area contributed by atoms with E-state index < -0.39 is 17.2 Å². The lowest BCUT2D eigenvalue weighted by Gasteiger charge is -2.24. The van der Waals surface area contributed by atoms with Crippen LogP contribution in [0.5, 0.6) is 5.75 Å². The van der Waals surface area contributed by atoms with Crippen molar-refractivity contribution < 1.29 is 22.7 Å². The Labute approximate surface area is 225 Å². The highest BCUT2D eigenvalue weighted by Crippen LogP contribution is 2.40. The molecule has 0 unspecified atom stereocenters. The van der Waals surface area contributed by atoms with E-state index in [9.17, 15) is 18.0 Å². The molecule has 1 amide bonds. The Kier molecular flexibility index (Phi) is 7.24. The van der Waals surface area contributed by atoms with E-state index in [1.54, 1.807) is 13.2 Å². The number of fused-ring (bicyclic) bond motifs is 1. The summed E-state index contributed by atoms with van der Waals surface area (Å²) in [6, 6.07) is 11.3. The number of methoxy groups -OCH3 is 1. The van der Waals surface area contributed by atoms with Crippen molar-refractivity contribution in [2.45, 2.75) is 57.0 Å². The largest absolute Gasteiger partial charge is 0.495 e. The van der Waals surface area contributed by atoms with Crippen LogP contribution in [0.2, 0.25) is 0 Å². The number of anilines is 3. The number of carbonyl (C=O) groups excluding carboxylic acids is 1. The molecule has 39 heavy (non-hydrogen) atoms. The average Bonchev–Trinajstić information content (AvgIpc) is 3.15. The molecule has 0 saturated carbocycles. The Hall–Kier alpha value is -3.66. The smallest absolute Gasteiger partial charge is 0.419 e. The summed E-state index contributed by atoms with van der Waals surface area (Å²) >= 11 is 0. The van der Waals surface area contributed by atoms with Crippen molar-refractivity contribution in [2.75, 3.05) is 30.8 Å². The molecule has 0 radical (unpaired) electrons. The maximum atomic E-state index is 13.9. The zero-order valence-electron chi connectivity index (χ0n) is 22.2. The maximum absolute atomic E-state index is 13.9. The summed E-state index contributed by atoms with van der Waals surface area (Å²) in [7, 11) is 1.56. The molecule has 3 aromatic rings. The molecule has 0 bridgehead atoms. The number of carbonyl (C=O) groups is 1. The van der Waals surface area contributed by atoms with E-state index in [2.05, 4.69) is 25.9 Å². The monoisotopic (exact) mass is 539 g/mol. The average molecular weight is 540 g/mol. The number of rotatable bonds is 7. The van der Waals surface area contributed by atoms with Crippen molar-refractivity contribution in [1.82, 2.24) is 15.3 Å². The SMILES string of the molecule is COc1cc(C2CCNCC2)ccc1Nc1ncc(C(F)(F)F)c(CCc2cccc3c2C(C)(C)C(=O)N3)n1. The van der Waals surface area contributed by atoms with Gasteiger partial charge in [-0.15, -0.1) is 0 Å². The van der Waals surface area contributed by atoms with Crippen LogP contribution in [-0.2, 0) is 29.2 Å². The highest BCUT2D eigenvalue weighted by atomic mass is 19.4. The van der Waals surface area contributed by atoms with Gasteiger partial charge in [0.15, 0.2) is 0 Å². The molecule has 10 heteroatoms. The molecule has 2 aliphatic heterocycles. The summed E-state index contributed by atoms with van der Waals surface area (Å²) < 4.78 is 47.2. The second kappa shape index (κ2) is 10.5. The van der Waals surface area contributed by atoms with E-state index in [0.29, 0.717) is 23.0 Å². The third-order valence-electron chi connectivity index (χ3n) is 7.68. The number of halogens is 3. The number of benzene rings is 2. The molecule has 1 aromatic heterocycles. The van der Waals surface area contributed by atoms with Gasteiger partial charge < -0.3 is 20.7 Å². The Morgan fingerprint density at radius 3 is 2.62 bits per heavy atom. The van der Waals surface area contributed by atoms with Crippen LogP contribution >= 0.6 is 0 Å². The summed E-state index contributed by atoms with van der Waals surface area (Å²) in [5.74, 6) is 0.935. The van der Waals surface area contributed by atoms with Crippen molar-refractivity contribution in [2.24, 2.45) is 0 Å². The van der Waals surface area contributed by atoms with Gasteiger partial charge in [0.1, 0.15) is 5.75 Å². The van der Waals surface area contributed by atoms with Crippen molar-refractivity contribution in [3.63, 3.8) is 0 Å². The topological polar surface area (TPSA) is 88.2 Å². The molecule has 1 fully saturated rings. The standard InChI is InChI=1S/C29H32F3N5O2/c1-28(2)25-18(5-4-6-23(25)35-26(28)38)7-9-21-20(29(30,31)32)16-34-27(36-21)37-22-10-8-19(15-24(22)39-3)17-11-13-33-14-12-17/h4-6,8,10,15-17,33H,7,9,11-14H2,1-3H3,(H,35,38)(H,34,36,37). The number of hydrogen-bond donors (Lipinski definition) is 3. The van der Waals surface area contributed by atoms with E-state index in [0.717, 1.165) is 43.3 Å². The fourth-order valence-electron chi connectivity index (χ4n) is 5.54. The number of ether oxygens (including phenoxy) is 1. The number of nitrogens with zero attached hydrogens (tertiary/aromatic N) is 2. The predicted octanol–water partition coefficient (Wildman–Crippen LogP) is 5.73.